The van der Waals surface area contributed by atoms with Crippen molar-refractivity contribution in [2.75, 3.05) is 13.3 Å². The highest BCUT2D eigenvalue weighted by molar-refractivity contribution is 9.10. The van der Waals surface area contributed by atoms with Gasteiger partial charge >= 0.3 is 5.97 Å². The average molecular weight is 398 g/mol. The minimum atomic E-state index is -0.842. The molecule has 130 valence electrons. The number of piperidine rings is 1. The highest BCUT2D eigenvalue weighted by atomic mass is 79.9. The van der Waals surface area contributed by atoms with Crippen molar-refractivity contribution in [1.82, 2.24) is 4.90 Å². The van der Waals surface area contributed by atoms with E-state index in [1.165, 1.54) is 0 Å². The van der Waals surface area contributed by atoms with E-state index >= 15 is 0 Å². The van der Waals surface area contributed by atoms with Crippen LogP contribution >= 0.6 is 15.9 Å². The number of hydrogen-bond acceptors (Lipinski definition) is 4. The Hall–Kier alpha value is -1.76. The van der Waals surface area contributed by atoms with E-state index in [1.807, 2.05) is 12.1 Å². The Balaban J connectivity index is 1.91. The third kappa shape index (κ3) is 3.22. The lowest BCUT2D eigenvalue weighted by molar-refractivity contribution is -0.149. The number of carbonyl (C=O) groups is 2. The van der Waals surface area contributed by atoms with Crippen LogP contribution in [-0.4, -0.2) is 41.3 Å². The van der Waals surface area contributed by atoms with Crippen LogP contribution in [0.25, 0.3) is 0 Å². The van der Waals surface area contributed by atoms with E-state index in [4.69, 9.17) is 9.47 Å². The Morgan fingerprint density at radius 2 is 2.04 bits per heavy atom. The molecule has 1 amide bonds. The van der Waals surface area contributed by atoms with Gasteiger partial charge in [0.05, 0.1) is 5.92 Å². The summed E-state index contributed by atoms with van der Waals surface area (Å²) in [5, 5.41) is 9.59. The summed E-state index contributed by atoms with van der Waals surface area (Å²) in [7, 11) is 0. The van der Waals surface area contributed by atoms with Crippen LogP contribution in [-0.2, 0) is 16.0 Å². The predicted octanol–water partition coefficient (Wildman–Crippen LogP) is 2.82. The summed E-state index contributed by atoms with van der Waals surface area (Å²) >= 11 is 3.52. The van der Waals surface area contributed by atoms with E-state index in [-0.39, 0.29) is 18.7 Å². The molecule has 0 bridgehead atoms. The van der Waals surface area contributed by atoms with Crippen LogP contribution in [0.5, 0.6) is 11.5 Å². The van der Waals surface area contributed by atoms with E-state index < -0.39 is 11.9 Å². The van der Waals surface area contributed by atoms with Crippen molar-refractivity contribution in [1.29, 1.82) is 0 Å². The first-order chi connectivity index (χ1) is 11.5. The van der Waals surface area contributed by atoms with Crippen LogP contribution in [0.3, 0.4) is 0 Å². The van der Waals surface area contributed by atoms with Crippen molar-refractivity contribution in [3.63, 3.8) is 0 Å². The van der Waals surface area contributed by atoms with Crippen LogP contribution in [0.15, 0.2) is 16.6 Å². The smallest absolute Gasteiger partial charge is 0.308 e. The topological polar surface area (TPSA) is 76.1 Å². The second-order valence-corrected chi connectivity index (χ2v) is 6.95. The molecule has 1 aromatic carbocycles. The number of ether oxygens (including phenoxy) is 2. The number of carboxylic acids is 1. The fourth-order valence-corrected chi connectivity index (χ4v) is 3.94. The summed E-state index contributed by atoms with van der Waals surface area (Å²) in [4.78, 5) is 25.7. The van der Waals surface area contributed by atoms with Crippen molar-refractivity contribution in [3.05, 3.63) is 22.2 Å². The van der Waals surface area contributed by atoms with Crippen LogP contribution in [0, 0.1) is 5.92 Å². The maximum Gasteiger partial charge on any atom is 0.308 e. The molecule has 0 radical (unpaired) electrons. The molecule has 2 atom stereocenters. The second-order valence-electron chi connectivity index (χ2n) is 6.10. The number of fused-ring (bicyclic) bond motifs is 1. The number of amides is 1. The summed E-state index contributed by atoms with van der Waals surface area (Å²) in [5.41, 5.74) is 0.923. The molecular weight excluding hydrogens is 378 g/mol. The van der Waals surface area contributed by atoms with Gasteiger partial charge in [-0.2, -0.15) is 0 Å². The molecule has 6 nitrogen and oxygen atoms in total. The van der Waals surface area contributed by atoms with Crippen molar-refractivity contribution in [3.8, 4) is 11.5 Å². The van der Waals surface area contributed by atoms with E-state index in [0.29, 0.717) is 37.3 Å². The molecule has 3 rings (SSSR count). The molecule has 0 spiro atoms. The lowest BCUT2D eigenvalue weighted by atomic mass is 9.85. The number of rotatable bonds is 4. The van der Waals surface area contributed by atoms with Crippen LogP contribution < -0.4 is 9.47 Å². The molecule has 1 fully saturated rings. The van der Waals surface area contributed by atoms with Gasteiger partial charge in [-0.1, -0.05) is 22.9 Å². The summed E-state index contributed by atoms with van der Waals surface area (Å²) in [5.74, 6) is -0.0605. The number of aliphatic carboxylic acids is 1. The number of likely N-dealkylation sites (tertiary alicyclic amines) is 1. The maximum atomic E-state index is 12.3. The van der Waals surface area contributed by atoms with Crippen molar-refractivity contribution in [2.45, 2.75) is 38.6 Å². The number of nitrogens with zero attached hydrogens (tertiary/aromatic N) is 1. The molecule has 2 heterocycles. The summed E-state index contributed by atoms with van der Waals surface area (Å²) in [6.45, 7) is 2.61. The van der Waals surface area contributed by atoms with Crippen molar-refractivity contribution >= 4 is 27.8 Å². The van der Waals surface area contributed by atoms with Crippen molar-refractivity contribution in [2.24, 2.45) is 5.92 Å². The quantitative estimate of drug-likeness (QED) is 0.844. The average Bonchev–Trinajstić information content (AvgIpc) is 3.01. The van der Waals surface area contributed by atoms with E-state index in [0.717, 1.165) is 16.5 Å². The third-order valence-electron chi connectivity index (χ3n) is 4.69. The van der Waals surface area contributed by atoms with Gasteiger partial charge in [0.2, 0.25) is 12.7 Å². The lowest BCUT2D eigenvalue weighted by Crippen LogP contribution is -2.51. The Bertz CT molecular complexity index is 663. The zero-order valence-corrected chi connectivity index (χ0v) is 15.0. The molecule has 24 heavy (non-hydrogen) atoms. The molecule has 2 aliphatic heterocycles. The van der Waals surface area contributed by atoms with Gasteiger partial charge in [-0.25, -0.2) is 0 Å². The first kappa shape index (κ1) is 17.1. The fourth-order valence-electron chi connectivity index (χ4n) is 3.45. The number of halogens is 1. The highest BCUT2D eigenvalue weighted by Gasteiger charge is 2.38. The van der Waals surface area contributed by atoms with Crippen LogP contribution in [0.1, 0.15) is 31.7 Å². The molecular formula is C17H20BrNO5. The number of carboxylic acid groups (broad SMARTS) is 1. The Morgan fingerprint density at radius 3 is 2.71 bits per heavy atom. The SMILES string of the molecule is CCC(=O)N1CCCC(C(=O)O)C1Cc1cc2c(cc1Br)OCO2. The van der Waals surface area contributed by atoms with Crippen LogP contribution in [0.4, 0.5) is 0 Å². The van der Waals surface area contributed by atoms with Gasteiger partial charge in [-0.3, -0.25) is 9.59 Å². The minimum absolute atomic E-state index is 0.00261. The summed E-state index contributed by atoms with van der Waals surface area (Å²) in [6, 6.07) is 3.36. The molecule has 0 saturated carbocycles. The van der Waals surface area contributed by atoms with Gasteiger partial charge in [0.25, 0.3) is 0 Å². The minimum Gasteiger partial charge on any atom is -0.481 e. The maximum absolute atomic E-state index is 12.3. The number of benzene rings is 1. The fraction of sp³-hybridized carbons (Fsp3) is 0.529. The number of hydrogen-bond donors (Lipinski definition) is 1. The zero-order chi connectivity index (χ0) is 17.3. The molecule has 0 aromatic heterocycles. The molecule has 7 heteroatoms. The van der Waals surface area contributed by atoms with Gasteiger partial charge < -0.3 is 19.5 Å². The zero-order valence-electron chi connectivity index (χ0n) is 13.5. The second kappa shape index (κ2) is 7.01. The van der Waals surface area contributed by atoms with Crippen molar-refractivity contribution < 1.29 is 24.2 Å². The predicted molar refractivity (Wildman–Crippen MR) is 90.1 cm³/mol. The standard InChI is InChI=1S/C17H20BrNO5/c1-2-16(20)19-5-3-4-11(17(21)22)13(19)6-10-7-14-15(8-12(10)18)24-9-23-14/h7-8,11,13H,2-6,9H2,1H3,(H,21,22). The Labute approximate surface area is 148 Å². The Kier molecular flexibility index (Phi) is 4.99. The van der Waals surface area contributed by atoms with Gasteiger partial charge in [-0.15, -0.1) is 0 Å². The molecule has 1 aromatic rings. The van der Waals surface area contributed by atoms with E-state index in [1.54, 1.807) is 11.8 Å². The van der Waals surface area contributed by atoms with Crippen LogP contribution in [0.2, 0.25) is 0 Å². The van der Waals surface area contributed by atoms with Gasteiger partial charge in [0, 0.05) is 23.5 Å². The summed E-state index contributed by atoms with van der Waals surface area (Å²) < 4.78 is 11.6. The number of carbonyl (C=O) groups excluding carboxylic acids is 1. The lowest BCUT2D eigenvalue weighted by Gasteiger charge is -2.40. The molecule has 1 N–H and O–H groups in total. The first-order valence-electron chi connectivity index (χ1n) is 8.11. The Morgan fingerprint density at radius 1 is 1.33 bits per heavy atom. The molecule has 2 aliphatic rings. The normalized spacial score (nSPS) is 22.5. The molecule has 2 unspecified atom stereocenters. The highest BCUT2D eigenvalue weighted by Crippen LogP contribution is 2.38. The monoisotopic (exact) mass is 397 g/mol. The first-order valence-corrected chi connectivity index (χ1v) is 8.90. The van der Waals surface area contributed by atoms with E-state index in [2.05, 4.69) is 15.9 Å². The van der Waals surface area contributed by atoms with E-state index in [9.17, 15) is 14.7 Å². The van der Waals surface area contributed by atoms with Gasteiger partial charge in [0.1, 0.15) is 0 Å². The summed E-state index contributed by atoms with van der Waals surface area (Å²) in [6.07, 6.45) is 2.17. The third-order valence-corrected chi connectivity index (χ3v) is 5.43. The largest absolute Gasteiger partial charge is 0.481 e. The van der Waals surface area contributed by atoms with Gasteiger partial charge in [-0.05, 0) is 37.0 Å². The molecule has 1 saturated heterocycles. The van der Waals surface area contributed by atoms with Gasteiger partial charge in [0.15, 0.2) is 11.5 Å². The molecule has 0 aliphatic carbocycles.